The Morgan fingerprint density at radius 2 is 2.32 bits per heavy atom. The molecule has 118 valence electrons. The van der Waals surface area contributed by atoms with E-state index in [0.29, 0.717) is 34.5 Å². The van der Waals surface area contributed by atoms with Crippen LogP contribution in [-0.2, 0) is 11.3 Å². The van der Waals surface area contributed by atoms with Crippen LogP contribution in [0.25, 0.3) is 0 Å². The summed E-state index contributed by atoms with van der Waals surface area (Å²) in [4.78, 5) is 0. The van der Waals surface area contributed by atoms with Crippen molar-refractivity contribution < 1.29 is 9.13 Å². The van der Waals surface area contributed by atoms with Crippen molar-refractivity contribution >= 4 is 34.6 Å². The monoisotopic (exact) mass is 342 g/mol. The molecule has 22 heavy (non-hydrogen) atoms. The zero-order valence-electron chi connectivity index (χ0n) is 12.0. The highest BCUT2D eigenvalue weighted by molar-refractivity contribution is 7.80. The van der Waals surface area contributed by atoms with E-state index < -0.39 is 0 Å². The summed E-state index contributed by atoms with van der Waals surface area (Å²) in [6.07, 6.45) is 3.34. The Morgan fingerprint density at radius 3 is 3.05 bits per heavy atom. The molecule has 2 aromatic rings. The fourth-order valence-electron chi connectivity index (χ4n) is 1.80. The van der Waals surface area contributed by atoms with E-state index >= 15 is 0 Å². The van der Waals surface area contributed by atoms with Crippen molar-refractivity contribution in [3.63, 3.8) is 0 Å². The van der Waals surface area contributed by atoms with Gasteiger partial charge in [0, 0.05) is 30.4 Å². The van der Waals surface area contributed by atoms with Crippen LogP contribution in [0.2, 0.25) is 5.02 Å². The molecular formula is C14H16ClFN4OS. The minimum absolute atomic E-state index is 0.247. The lowest BCUT2D eigenvalue weighted by molar-refractivity contribution is 0.204. The zero-order chi connectivity index (χ0) is 15.9. The summed E-state index contributed by atoms with van der Waals surface area (Å²) < 4.78 is 20.3. The van der Waals surface area contributed by atoms with E-state index in [1.807, 2.05) is 0 Å². The number of benzene rings is 1. The van der Waals surface area contributed by atoms with Gasteiger partial charge >= 0.3 is 0 Å². The molecule has 0 saturated heterocycles. The molecule has 0 fully saturated rings. The lowest BCUT2D eigenvalue weighted by atomic mass is 10.2. The van der Waals surface area contributed by atoms with Gasteiger partial charge in [-0.25, -0.2) is 4.39 Å². The molecule has 0 aliphatic rings. The van der Waals surface area contributed by atoms with Gasteiger partial charge in [-0.15, -0.1) is 0 Å². The summed E-state index contributed by atoms with van der Waals surface area (Å²) >= 11 is 11.1. The molecule has 0 bridgehead atoms. The molecule has 1 heterocycles. The van der Waals surface area contributed by atoms with Gasteiger partial charge < -0.3 is 15.4 Å². The van der Waals surface area contributed by atoms with Crippen LogP contribution in [0, 0.1) is 5.82 Å². The van der Waals surface area contributed by atoms with Gasteiger partial charge in [0.05, 0.1) is 25.0 Å². The molecule has 0 amide bonds. The molecule has 2 N–H and O–H groups in total. The number of rotatable bonds is 6. The first-order chi connectivity index (χ1) is 10.6. The average Bonchev–Trinajstić information content (AvgIpc) is 2.90. The SMILES string of the molecule is COCCNC(=S)Nc1cnn(Cc2c(F)cccc2Cl)c1. The molecule has 0 saturated carbocycles. The normalized spacial score (nSPS) is 10.5. The first-order valence-electron chi connectivity index (χ1n) is 6.59. The van der Waals surface area contributed by atoms with Crippen LogP contribution >= 0.6 is 23.8 Å². The number of hydrogen-bond donors (Lipinski definition) is 2. The van der Waals surface area contributed by atoms with Gasteiger partial charge in [0.15, 0.2) is 5.11 Å². The van der Waals surface area contributed by atoms with Crippen molar-refractivity contribution in [1.82, 2.24) is 15.1 Å². The van der Waals surface area contributed by atoms with Crippen molar-refractivity contribution in [2.24, 2.45) is 0 Å². The zero-order valence-corrected chi connectivity index (χ0v) is 13.5. The highest BCUT2D eigenvalue weighted by Gasteiger charge is 2.09. The van der Waals surface area contributed by atoms with E-state index in [2.05, 4.69) is 15.7 Å². The van der Waals surface area contributed by atoms with Crippen LogP contribution in [0.15, 0.2) is 30.6 Å². The van der Waals surface area contributed by atoms with Crippen molar-refractivity contribution in [2.45, 2.75) is 6.54 Å². The molecule has 1 aromatic heterocycles. The van der Waals surface area contributed by atoms with E-state index in [-0.39, 0.29) is 12.4 Å². The van der Waals surface area contributed by atoms with Gasteiger partial charge in [0.25, 0.3) is 0 Å². The number of ether oxygens (including phenoxy) is 1. The second kappa shape index (κ2) is 8.07. The Bertz CT molecular complexity index is 629. The Kier molecular flexibility index (Phi) is 6.11. The lowest BCUT2D eigenvalue weighted by Crippen LogP contribution is -2.30. The van der Waals surface area contributed by atoms with Crippen molar-refractivity contribution in [3.05, 3.63) is 47.0 Å². The smallest absolute Gasteiger partial charge is 0.170 e. The Labute approximate surface area is 138 Å². The average molecular weight is 343 g/mol. The van der Waals surface area contributed by atoms with Gasteiger partial charge in [0.2, 0.25) is 0 Å². The van der Waals surface area contributed by atoms with E-state index in [0.717, 1.165) is 0 Å². The summed E-state index contributed by atoms with van der Waals surface area (Å²) in [5.41, 5.74) is 1.11. The predicted octanol–water partition coefficient (Wildman–Crippen LogP) is 2.66. The number of hydrogen-bond acceptors (Lipinski definition) is 3. The van der Waals surface area contributed by atoms with E-state index in [1.165, 1.54) is 6.07 Å². The number of aromatic nitrogens is 2. The topological polar surface area (TPSA) is 51.1 Å². The molecule has 0 spiro atoms. The highest BCUT2D eigenvalue weighted by atomic mass is 35.5. The quantitative estimate of drug-likeness (QED) is 0.624. The number of nitrogens with one attached hydrogen (secondary N) is 2. The molecule has 8 heteroatoms. The largest absolute Gasteiger partial charge is 0.383 e. The second-order valence-corrected chi connectivity index (χ2v) is 5.32. The first kappa shape index (κ1) is 16.7. The molecule has 0 atom stereocenters. The summed E-state index contributed by atoms with van der Waals surface area (Å²) in [7, 11) is 1.62. The minimum Gasteiger partial charge on any atom is -0.383 e. The fraction of sp³-hybridized carbons (Fsp3) is 0.286. The van der Waals surface area contributed by atoms with Crippen molar-refractivity contribution in [3.8, 4) is 0 Å². The summed E-state index contributed by atoms with van der Waals surface area (Å²) in [6.45, 7) is 1.42. The van der Waals surface area contributed by atoms with Crippen LogP contribution in [-0.4, -0.2) is 35.2 Å². The molecule has 5 nitrogen and oxygen atoms in total. The Balaban J connectivity index is 1.95. The third-order valence-corrected chi connectivity index (χ3v) is 3.47. The third-order valence-electron chi connectivity index (χ3n) is 2.86. The Hall–Kier alpha value is -1.70. The van der Waals surface area contributed by atoms with Crippen LogP contribution in [0.5, 0.6) is 0 Å². The van der Waals surface area contributed by atoms with Gasteiger partial charge in [-0.05, 0) is 24.4 Å². The highest BCUT2D eigenvalue weighted by Crippen LogP contribution is 2.20. The molecular weight excluding hydrogens is 327 g/mol. The maximum absolute atomic E-state index is 13.7. The van der Waals surface area contributed by atoms with E-state index in [9.17, 15) is 4.39 Å². The van der Waals surface area contributed by atoms with Crippen LogP contribution in [0.3, 0.4) is 0 Å². The lowest BCUT2D eigenvalue weighted by Gasteiger charge is -2.08. The number of anilines is 1. The predicted molar refractivity (Wildman–Crippen MR) is 88.8 cm³/mol. The number of methoxy groups -OCH3 is 1. The van der Waals surface area contributed by atoms with E-state index in [1.54, 1.807) is 36.3 Å². The van der Waals surface area contributed by atoms with Crippen molar-refractivity contribution in [2.75, 3.05) is 25.6 Å². The third kappa shape index (κ3) is 4.66. The second-order valence-electron chi connectivity index (χ2n) is 4.50. The summed E-state index contributed by atoms with van der Waals surface area (Å²) in [5, 5.41) is 11.0. The first-order valence-corrected chi connectivity index (χ1v) is 7.38. The molecule has 2 rings (SSSR count). The van der Waals surface area contributed by atoms with Crippen LogP contribution in [0.1, 0.15) is 5.56 Å². The maximum Gasteiger partial charge on any atom is 0.170 e. The molecule has 0 aliphatic carbocycles. The number of halogens is 2. The molecule has 0 aliphatic heterocycles. The van der Waals surface area contributed by atoms with Gasteiger partial charge in [0.1, 0.15) is 5.82 Å². The fourth-order valence-corrected chi connectivity index (χ4v) is 2.24. The summed E-state index contributed by atoms with van der Waals surface area (Å²) in [5.74, 6) is -0.353. The molecule has 0 unspecified atom stereocenters. The van der Waals surface area contributed by atoms with Crippen LogP contribution < -0.4 is 10.6 Å². The van der Waals surface area contributed by atoms with Gasteiger partial charge in [-0.2, -0.15) is 5.10 Å². The van der Waals surface area contributed by atoms with Crippen LogP contribution in [0.4, 0.5) is 10.1 Å². The van der Waals surface area contributed by atoms with Gasteiger partial charge in [-0.1, -0.05) is 17.7 Å². The summed E-state index contributed by atoms with van der Waals surface area (Å²) in [6, 6.07) is 4.59. The standard InChI is InChI=1S/C14H16ClFN4OS/c1-21-6-5-17-14(22)19-10-7-18-20(8-10)9-11-12(15)3-2-4-13(11)16/h2-4,7-8H,5-6,9H2,1H3,(H2,17,19,22). The van der Waals surface area contributed by atoms with E-state index in [4.69, 9.17) is 28.6 Å². The maximum atomic E-state index is 13.7. The Morgan fingerprint density at radius 1 is 1.50 bits per heavy atom. The molecule has 0 radical (unpaired) electrons. The molecule has 1 aromatic carbocycles. The van der Waals surface area contributed by atoms with Crippen molar-refractivity contribution in [1.29, 1.82) is 0 Å². The number of thiocarbonyl (C=S) groups is 1. The number of nitrogens with zero attached hydrogens (tertiary/aromatic N) is 2. The minimum atomic E-state index is -0.353. The van der Waals surface area contributed by atoms with Gasteiger partial charge in [-0.3, -0.25) is 4.68 Å².